The van der Waals surface area contributed by atoms with Gasteiger partial charge in [0.1, 0.15) is 0 Å². The Balaban J connectivity index is 2.15. The smallest absolute Gasteiger partial charge is 0.294 e. The maximum absolute atomic E-state index is 11.6. The van der Waals surface area contributed by atoms with Crippen LogP contribution in [0.2, 0.25) is 5.02 Å². The van der Waals surface area contributed by atoms with Crippen LogP contribution in [0.4, 0.5) is 11.4 Å². The van der Waals surface area contributed by atoms with Gasteiger partial charge in [0.2, 0.25) is 5.76 Å². The van der Waals surface area contributed by atoms with Crippen molar-refractivity contribution in [2.24, 2.45) is 0 Å². The summed E-state index contributed by atoms with van der Waals surface area (Å²) in [6.45, 7) is 0. The van der Waals surface area contributed by atoms with E-state index in [4.69, 9.17) is 21.9 Å². The minimum absolute atomic E-state index is 0.132. The van der Waals surface area contributed by atoms with Crippen LogP contribution in [0.1, 0.15) is 10.6 Å². The van der Waals surface area contributed by atoms with Gasteiger partial charge in [0.05, 0.1) is 16.9 Å². The number of hydrogen-bond donors (Lipinski definition) is 2. The van der Waals surface area contributed by atoms with Crippen LogP contribution in [-0.4, -0.2) is 11.1 Å². The molecule has 0 aliphatic rings. The van der Waals surface area contributed by atoms with Gasteiger partial charge in [0.25, 0.3) is 5.91 Å². The summed E-state index contributed by atoms with van der Waals surface area (Å²) in [5, 5.41) is 6.42. The highest BCUT2D eigenvalue weighted by Crippen LogP contribution is 2.22. The van der Waals surface area contributed by atoms with Gasteiger partial charge in [-0.05, 0) is 18.2 Å². The summed E-state index contributed by atoms with van der Waals surface area (Å²) >= 11 is 5.81. The first-order valence-corrected chi connectivity index (χ1v) is 4.81. The summed E-state index contributed by atoms with van der Waals surface area (Å²) in [7, 11) is 0. The van der Waals surface area contributed by atoms with Crippen LogP contribution in [0.15, 0.2) is 35.0 Å². The van der Waals surface area contributed by atoms with Crippen LogP contribution in [0.25, 0.3) is 0 Å². The molecule has 0 atom stereocenters. The van der Waals surface area contributed by atoms with Gasteiger partial charge in [-0.3, -0.25) is 4.79 Å². The molecule has 0 saturated carbocycles. The summed E-state index contributed by atoms with van der Waals surface area (Å²) in [5.74, 6) is -0.258. The topological polar surface area (TPSA) is 81.1 Å². The second-order valence-electron chi connectivity index (χ2n) is 3.07. The highest BCUT2D eigenvalue weighted by molar-refractivity contribution is 6.33. The number of nitrogen functional groups attached to an aromatic ring is 1. The van der Waals surface area contributed by atoms with Crippen molar-refractivity contribution >= 4 is 28.9 Å². The summed E-state index contributed by atoms with van der Waals surface area (Å²) < 4.78 is 4.70. The molecule has 0 bridgehead atoms. The molecular weight excluding hydrogens is 230 g/mol. The lowest BCUT2D eigenvalue weighted by molar-refractivity contribution is 0.0988. The van der Waals surface area contributed by atoms with Gasteiger partial charge in [-0.2, -0.15) is 0 Å². The Labute approximate surface area is 96.2 Å². The summed E-state index contributed by atoms with van der Waals surface area (Å²) in [6.07, 6.45) is 1.39. The number of nitrogens with zero attached hydrogens (tertiary/aromatic N) is 1. The molecule has 2 rings (SSSR count). The van der Waals surface area contributed by atoms with E-state index in [1.165, 1.54) is 12.3 Å². The van der Waals surface area contributed by atoms with E-state index in [9.17, 15) is 4.79 Å². The number of benzene rings is 1. The zero-order chi connectivity index (χ0) is 11.5. The van der Waals surface area contributed by atoms with Crippen molar-refractivity contribution < 1.29 is 9.32 Å². The van der Waals surface area contributed by atoms with Gasteiger partial charge < -0.3 is 15.6 Å². The lowest BCUT2D eigenvalue weighted by Crippen LogP contribution is -2.10. The van der Waals surface area contributed by atoms with Crippen molar-refractivity contribution in [1.82, 2.24) is 5.16 Å². The number of carbonyl (C=O) groups excluding carboxylic acids is 1. The number of nitrogens with one attached hydrogen (secondary N) is 1. The molecular formula is C10H8ClN3O2. The van der Waals surface area contributed by atoms with E-state index in [1.807, 2.05) is 0 Å². The van der Waals surface area contributed by atoms with Crippen molar-refractivity contribution in [3.05, 3.63) is 41.2 Å². The Hall–Kier alpha value is -2.01. The molecule has 5 nitrogen and oxygen atoms in total. The Kier molecular flexibility index (Phi) is 2.78. The number of amides is 1. The molecule has 0 spiro atoms. The average molecular weight is 238 g/mol. The van der Waals surface area contributed by atoms with E-state index in [1.54, 1.807) is 18.2 Å². The fourth-order valence-corrected chi connectivity index (χ4v) is 1.31. The SMILES string of the molecule is Nc1ccc(NC(=O)c2ccno2)cc1Cl. The first kappa shape index (κ1) is 10.5. The third-order valence-corrected chi connectivity index (χ3v) is 2.25. The second kappa shape index (κ2) is 4.24. The predicted molar refractivity (Wildman–Crippen MR) is 60.3 cm³/mol. The molecule has 0 saturated heterocycles. The first-order chi connectivity index (χ1) is 7.66. The van der Waals surface area contributed by atoms with Crippen LogP contribution in [0, 0.1) is 0 Å². The lowest BCUT2D eigenvalue weighted by atomic mass is 10.3. The molecule has 3 N–H and O–H groups in total. The fraction of sp³-hybridized carbons (Fsp3) is 0. The van der Waals surface area contributed by atoms with E-state index >= 15 is 0 Å². The molecule has 6 heteroatoms. The average Bonchev–Trinajstić information content (AvgIpc) is 2.77. The maximum Gasteiger partial charge on any atom is 0.294 e. The van der Waals surface area contributed by atoms with Crippen LogP contribution in [0.3, 0.4) is 0 Å². The number of halogens is 1. The normalized spacial score (nSPS) is 10.1. The van der Waals surface area contributed by atoms with Crippen molar-refractivity contribution in [2.45, 2.75) is 0 Å². The van der Waals surface area contributed by atoms with Crippen molar-refractivity contribution in [3.8, 4) is 0 Å². The molecule has 82 valence electrons. The quantitative estimate of drug-likeness (QED) is 0.785. The zero-order valence-electron chi connectivity index (χ0n) is 8.11. The minimum Gasteiger partial charge on any atom is -0.398 e. The predicted octanol–water partition coefficient (Wildman–Crippen LogP) is 2.16. The van der Waals surface area contributed by atoms with Gasteiger partial charge in [-0.1, -0.05) is 16.8 Å². The Bertz CT molecular complexity index is 511. The molecule has 0 radical (unpaired) electrons. The van der Waals surface area contributed by atoms with Crippen molar-refractivity contribution in [2.75, 3.05) is 11.1 Å². The van der Waals surface area contributed by atoms with Gasteiger partial charge in [-0.15, -0.1) is 0 Å². The minimum atomic E-state index is -0.390. The molecule has 16 heavy (non-hydrogen) atoms. The van der Waals surface area contributed by atoms with Crippen LogP contribution in [-0.2, 0) is 0 Å². The van der Waals surface area contributed by atoms with Crippen molar-refractivity contribution in [1.29, 1.82) is 0 Å². The Morgan fingerprint density at radius 2 is 2.25 bits per heavy atom. The number of carbonyl (C=O) groups is 1. The lowest BCUT2D eigenvalue weighted by Gasteiger charge is -2.04. The molecule has 0 unspecified atom stereocenters. The van der Waals surface area contributed by atoms with Gasteiger partial charge in [0.15, 0.2) is 0 Å². The highest BCUT2D eigenvalue weighted by atomic mass is 35.5. The number of rotatable bonds is 2. The largest absolute Gasteiger partial charge is 0.398 e. The third-order valence-electron chi connectivity index (χ3n) is 1.92. The zero-order valence-corrected chi connectivity index (χ0v) is 8.86. The molecule has 0 aliphatic heterocycles. The maximum atomic E-state index is 11.6. The van der Waals surface area contributed by atoms with E-state index in [-0.39, 0.29) is 5.76 Å². The van der Waals surface area contributed by atoms with Gasteiger partial charge in [0, 0.05) is 11.8 Å². The van der Waals surface area contributed by atoms with E-state index < -0.39 is 5.91 Å². The molecule has 1 aromatic carbocycles. The van der Waals surface area contributed by atoms with Gasteiger partial charge in [-0.25, -0.2) is 0 Å². The third kappa shape index (κ3) is 2.14. The van der Waals surface area contributed by atoms with E-state index in [2.05, 4.69) is 10.5 Å². The summed E-state index contributed by atoms with van der Waals surface area (Å²) in [6, 6.07) is 6.28. The van der Waals surface area contributed by atoms with Crippen LogP contribution < -0.4 is 11.1 Å². The van der Waals surface area contributed by atoms with E-state index in [0.29, 0.717) is 16.4 Å². The summed E-state index contributed by atoms with van der Waals surface area (Å²) in [4.78, 5) is 11.6. The monoisotopic (exact) mass is 237 g/mol. The molecule has 1 amide bonds. The summed E-state index contributed by atoms with van der Waals surface area (Å²) in [5.41, 5.74) is 6.54. The van der Waals surface area contributed by atoms with Crippen LogP contribution in [0.5, 0.6) is 0 Å². The first-order valence-electron chi connectivity index (χ1n) is 4.44. The molecule has 0 aliphatic carbocycles. The van der Waals surface area contributed by atoms with E-state index in [0.717, 1.165) is 0 Å². The highest BCUT2D eigenvalue weighted by Gasteiger charge is 2.10. The number of nitrogens with two attached hydrogens (primary N) is 1. The van der Waals surface area contributed by atoms with Crippen LogP contribution >= 0.6 is 11.6 Å². The number of anilines is 2. The van der Waals surface area contributed by atoms with Gasteiger partial charge >= 0.3 is 0 Å². The fourth-order valence-electron chi connectivity index (χ4n) is 1.13. The standard InChI is InChI=1S/C10H8ClN3O2/c11-7-5-6(1-2-8(7)12)14-10(15)9-3-4-13-16-9/h1-5H,12H2,(H,14,15). The molecule has 1 heterocycles. The molecule has 0 fully saturated rings. The number of aromatic nitrogens is 1. The Morgan fingerprint density at radius 3 is 2.88 bits per heavy atom. The second-order valence-corrected chi connectivity index (χ2v) is 3.47. The van der Waals surface area contributed by atoms with Crippen molar-refractivity contribution in [3.63, 3.8) is 0 Å². The molecule has 1 aromatic heterocycles. The Morgan fingerprint density at radius 1 is 1.44 bits per heavy atom. The number of hydrogen-bond acceptors (Lipinski definition) is 4. The molecule has 2 aromatic rings.